The van der Waals surface area contributed by atoms with Gasteiger partial charge in [0.05, 0.1) is 11.4 Å². The van der Waals surface area contributed by atoms with Crippen molar-refractivity contribution in [3.8, 4) is 0 Å². The van der Waals surface area contributed by atoms with E-state index in [1.807, 2.05) is 0 Å². The number of hydrogen-bond donors (Lipinski definition) is 2. The minimum absolute atomic E-state index is 0.0111. The summed E-state index contributed by atoms with van der Waals surface area (Å²) in [5, 5.41) is 12.4. The van der Waals surface area contributed by atoms with Crippen molar-refractivity contribution < 1.29 is 31.5 Å². The van der Waals surface area contributed by atoms with Gasteiger partial charge in [-0.25, -0.2) is 8.42 Å². The van der Waals surface area contributed by atoms with Crippen LogP contribution in [-0.4, -0.2) is 49.5 Å². The fourth-order valence-corrected chi connectivity index (χ4v) is 4.76. The van der Waals surface area contributed by atoms with Crippen molar-refractivity contribution >= 4 is 15.9 Å². The molecule has 1 amide bonds. The zero-order chi connectivity index (χ0) is 22.0. The monoisotopic (exact) mass is 442 g/mol. The molecule has 0 aromatic heterocycles. The van der Waals surface area contributed by atoms with Gasteiger partial charge >= 0.3 is 6.18 Å². The lowest BCUT2D eigenvalue weighted by Gasteiger charge is -2.31. The molecule has 2 aromatic rings. The number of amides is 1. The van der Waals surface area contributed by atoms with E-state index in [0.29, 0.717) is 13.1 Å². The molecule has 1 heterocycles. The predicted molar refractivity (Wildman–Crippen MR) is 103 cm³/mol. The van der Waals surface area contributed by atoms with Gasteiger partial charge in [0, 0.05) is 18.7 Å². The summed E-state index contributed by atoms with van der Waals surface area (Å²) in [7, 11) is -3.66. The highest BCUT2D eigenvalue weighted by Crippen LogP contribution is 2.38. The van der Waals surface area contributed by atoms with E-state index in [0.717, 1.165) is 25.0 Å². The Kier molecular flexibility index (Phi) is 6.21. The average Bonchev–Trinajstić information content (AvgIpc) is 3.27. The molecule has 0 saturated carbocycles. The van der Waals surface area contributed by atoms with Crippen LogP contribution in [-0.2, 0) is 15.6 Å². The molecule has 0 aliphatic carbocycles. The summed E-state index contributed by atoms with van der Waals surface area (Å²) >= 11 is 0. The van der Waals surface area contributed by atoms with Gasteiger partial charge in [-0.05, 0) is 42.7 Å². The van der Waals surface area contributed by atoms with Crippen LogP contribution in [0.1, 0.15) is 28.8 Å². The summed E-state index contributed by atoms with van der Waals surface area (Å²) in [6.45, 7) is -0.229. The normalized spacial score (nSPS) is 17.5. The lowest BCUT2D eigenvalue weighted by molar-refractivity contribution is -0.263. The van der Waals surface area contributed by atoms with Crippen molar-refractivity contribution in [2.45, 2.75) is 29.5 Å². The van der Waals surface area contributed by atoms with E-state index in [9.17, 15) is 31.5 Å². The summed E-state index contributed by atoms with van der Waals surface area (Å²) < 4.78 is 66.9. The number of sulfonamides is 1. The molecule has 0 radical (unpaired) electrons. The Morgan fingerprint density at radius 3 is 2.10 bits per heavy atom. The minimum atomic E-state index is -5.02. The molecule has 0 spiro atoms. The molecule has 30 heavy (non-hydrogen) atoms. The van der Waals surface area contributed by atoms with E-state index in [-0.39, 0.29) is 10.5 Å². The van der Waals surface area contributed by atoms with Crippen LogP contribution in [0, 0.1) is 0 Å². The third-order valence-corrected chi connectivity index (χ3v) is 6.96. The fraction of sp³-hybridized carbons (Fsp3) is 0.350. The van der Waals surface area contributed by atoms with Gasteiger partial charge in [0.15, 0.2) is 0 Å². The van der Waals surface area contributed by atoms with Crippen molar-refractivity contribution in [1.82, 2.24) is 9.62 Å². The number of halogens is 3. The topological polar surface area (TPSA) is 86.7 Å². The standard InChI is InChI=1S/C20H21F3N2O4S/c21-20(22,23)19(27,16-6-2-1-3-7-16)14-24-18(26)15-8-10-17(11-9-15)30(28,29)25-12-4-5-13-25/h1-3,6-11,27H,4-5,12-14H2,(H,24,26). The first-order chi connectivity index (χ1) is 14.1. The van der Waals surface area contributed by atoms with Gasteiger partial charge in [-0.2, -0.15) is 17.5 Å². The Balaban J connectivity index is 1.74. The van der Waals surface area contributed by atoms with E-state index in [2.05, 4.69) is 5.32 Å². The van der Waals surface area contributed by atoms with E-state index in [1.165, 1.54) is 46.8 Å². The van der Waals surface area contributed by atoms with Crippen LogP contribution in [0.15, 0.2) is 59.5 Å². The van der Waals surface area contributed by atoms with Crippen LogP contribution < -0.4 is 5.32 Å². The van der Waals surface area contributed by atoms with Gasteiger partial charge in [0.2, 0.25) is 15.6 Å². The summed E-state index contributed by atoms with van der Waals surface area (Å²) in [5.74, 6) is -0.862. The first-order valence-electron chi connectivity index (χ1n) is 9.29. The van der Waals surface area contributed by atoms with Crippen molar-refractivity contribution in [3.05, 3.63) is 65.7 Å². The molecule has 1 saturated heterocycles. The zero-order valence-corrected chi connectivity index (χ0v) is 16.7. The molecule has 1 atom stereocenters. The third-order valence-electron chi connectivity index (χ3n) is 5.04. The maximum atomic E-state index is 13.5. The highest BCUT2D eigenvalue weighted by molar-refractivity contribution is 7.89. The number of alkyl halides is 3. The van der Waals surface area contributed by atoms with E-state index in [1.54, 1.807) is 0 Å². The van der Waals surface area contributed by atoms with Crippen LogP contribution in [0.3, 0.4) is 0 Å². The summed E-state index contributed by atoms with van der Waals surface area (Å²) in [5.41, 5.74) is -3.68. The fourth-order valence-electron chi connectivity index (χ4n) is 3.25. The molecular weight excluding hydrogens is 421 g/mol. The second kappa shape index (κ2) is 8.37. The molecule has 162 valence electrons. The van der Waals surface area contributed by atoms with Crippen LogP contribution in [0.5, 0.6) is 0 Å². The molecular formula is C20H21F3N2O4S. The van der Waals surface area contributed by atoms with Gasteiger partial charge in [-0.1, -0.05) is 30.3 Å². The number of carbonyl (C=O) groups is 1. The molecule has 2 aromatic carbocycles. The largest absolute Gasteiger partial charge is 0.423 e. The Bertz CT molecular complexity index is 989. The summed E-state index contributed by atoms with van der Waals surface area (Å²) in [6, 6.07) is 11.4. The van der Waals surface area contributed by atoms with Crippen molar-refractivity contribution in [2.75, 3.05) is 19.6 Å². The van der Waals surface area contributed by atoms with Gasteiger partial charge < -0.3 is 10.4 Å². The summed E-state index contributed by atoms with van der Waals surface area (Å²) in [6.07, 6.45) is -3.46. The molecule has 6 nitrogen and oxygen atoms in total. The number of nitrogens with zero attached hydrogens (tertiary/aromatic N) is 1. The van der Waals surface area contributed by atoms with Gasteiger partial charge in [0.1, 0.15) is 0 Å². The number of carbonyl (C=O) groups excluding carboxylic acids is 1. The number of nitrogens with one attached hydrogen (secondary N) is 1. The van der Waals surface area contributed by atoms with Gasteiger partial charge in [0.25, 0.3) is 5.91 Å². The highest BCUT2D eigenvalue weighted by atomic mass is 32.2. The predicted octanol–water partition coefficient (Wildman–Crippen LogP) is 2.65. The SMILES string of the molecule is O=C(NCC(O)(c1ccccc1)C(F)(F)F)c1ccc(S(=O)(=O)N2CCCC2)cc1. The van der Waals surface area contributed by atoms with E-state index in [4.69, 9.17) is 0 Å². The lowest BCUT2D eigenvalue weighted by atomic mass is 9.93. The van der Waals surface area contributed by atoms with E-state index >= 15 is 0 Å². The average molecular weight is 442 g/mol. The van der Waals surface area contributed by atoms with E-state index < -0.39 is 39.8 Å². The number of hydrogen-bond acceptors (Lipinski definition) is 4. The van der Waals surface area contributed by atoms with Gasteiger partial charge in [-0.15, -0.1) is 0 Å². The van der Waals surface area contributed by atoms with Crippen molar-refractivity contribution in [1.29, 1.82) is 0 Å². The van der Waals surface area contributed by atoms with Crippen LogP contribution in [0.25, 0.3) is 0 Å². The number of aliphatic hydroxyl groups is 1. The minimum Gasteiger partial charge on any atom is -0.375 e. The molecule has 2 N–H and O–H groups in total. The molecule has 0 bridgehead atoms. The Morgan fingerprint density at radius 2 is 1.57 bits per heavy atom. The lowest BCUT2D eigenvalue weighted by Crippen LogP contribution is -2.51. The van der Waals surface area contributed by atoms with Crippen molar-refractivity contribution in [2.24, 2.45) is 0 Å². The Morgan fingerprint density at radius 1 is 1.00 bits per heavy atom. The smallest absolute Gasteiger partial charge is 0.375 e. The second-order valence-corrected chi connectivity index (χ2v) is 8.98. The molecule has 1 aliphatic rings. The van der Waals surface area contributed by atoms with Crippen molar-refractivity contribution in [3.63, 3.8) is 0 Å². The molecule has 1 unspecified atom stereocenters. The molecule has 1 aliphatic heterocycles. The highest BCUT2D eigenvalue weighted by Gasteiger charge is 2.55. The van der Waals surface area contributed by atoms with Crippen LogP contribution >= 0.6 is 0 Å². The second-order valence-electron chi connectivity index (χ2n) is 7.04. The maximum Gasteiger partial charge on any atom is 0.423 e. The Labute approximate surface area is 172 Å². The first-order valence-corrected chi connectivity index (χ1v) is 10.7. The quantitative estimate of drug-likeness (QED) is 0.720. The van der Waals surface area contributed by atoms with Crippen LogP contribution in [0.4, 0.5) is 13.2 Å². The molecule has 10 heteroatoms. The molecule has 3 rings (SSSR count). The third kappa shape index (κ3) is 4.35. The number of rotatable bonds is 6. The maximum absolute atomic E-state index is 13.5. The first kappa shape index (κ1) is 22.3. The Hall–Kier alpha value is -2.43. The van der Waals surface area contributed by atoms with Gasteiger partial charge in [-0.3, -0.25) is 4.79 Å². The number of benzene rings is 2. The van der Waals surface area contributed by atoms with Crippen LogP contribution in [0.2, 0.25) is 0 Å². The zero-order valence-electron chi connectivity index (χ0n) is 15.9. The summed E-state index contributed by atoms with van der Waals surface area (Å²) in [4.78, 5) is 12.3. The molecule has 1 fully saturated rings.